The second-order valence-corrected chi connectivity index (χ2v) is 10.9. The Morgan fingerprint density at radius 3 is 2.33 bits per heavy atom. The van der Waals surface area contributed by atoms with Gasteiger partial charge in [-0.2, -0.15) is 0 Å². The van der Waals surface area contributed by atoms with Crippen LogP contribution in [0.1, 0.15) is 51.9 Å². The van der Waals surface area contributed by atoms with Crippen molar-refractivity contribution in [3.63, 3.8) is 0 Å². The zero-order valence-corrected chi connectivity index (χ0v) is 16.7. The summed E-state index contributed by atoms with van der Waals surface area (Å²) in [6.45, 7) is 2.13. The molecule has 0 radical (unpaired) electrons. The third kappa shape index (κ3) is 2.90. The fourth-order valence-electron chi connectivity index (χ4n) is 6.79. The molecule has 4 aliphatic rings. The Hall–Kier alpha value is -1.46. The van der Waals surface area contributed by atoms with Crippen molar-refractivity contribution in [3.05, 3.63) is 36.5 Å². The zero-order chi connectivity index (χ0) is 18.6. The van der Waals surface area contributed by atoms with Gasteiger partial charge in [0.25, 0.3) is 0 Å². The van der Waals surface area contributed by atoms with Crippen molar-refractivity contribution in [2.45, 2.75) is 62.8 Å². The number of pyridine rings is 1. The Labute approximate surface area is 161 Å². The Morgan fingerprint density at radius 1 is 1.07 bits per heavy atom. The summed E-state index contributed by atoms with van der Waals surface area (Å²) in [6, 6.07) is 9.19. The van der Waals surface area contributed by atoms with Crippen LogP contribution in [-0.4, -0.2) is 19.4 Å². The molecule has 1 aromatic heterocycles. The van der Waals surface area contributed by atoms with Gasteiger partial charge in [0, 0.05) is 17.6 Å². The van der Waals surface area contributed by atoms with Gasteiger partial charge in [0.2, 0.25) is 10.0 Å². The lowest BCUT2D eigenvalue weighted by atomic mass is 9.47. The molecule has 1 heterocycles. The number of sulfonamides is 1. The number of para-hydroxylation sites is 1. The zero-order valence-electron chi connectivity index (χ0n) is 15.9. The smallest absolute Gasteiger partial charge is 0.243 e. The van der Waals surface area contributed by atoms with Gasteiger partial charge in [-0.25, -0.2) is 13.1 Å². The molecule has 6 rings (SSSR count). The lowest BCUT2D eigenvalue weighted by Gasteiger charge is -2.59. The fraction of sp³-hybridized carbons (Fsp3) is 0.591. The normalized spacial score (nSPS) is 33.4. The number of aromatic nitrogens is 1. The standard InChI is InChI=1S/C22H28N2O2S/c1-2-20(22-12-15-9-16(13-22)11-17(10-15)14-22)24-27(25,26)19-7-3-5-18-6-4-8-23-21(18)19/h3-8,15-17,20,24H,2,9-14H2,1H3. The average Bonchev–Trinajstić information content (AvgIpc) is 2.64. The predicted molar refractivity (Wildman–Crippen MR) is 107 cm³/mol. The van der Waals surface area contributed by atoms with Crippen molar-refractivity contribution in [2.75, 3.05) is 0 Å². The highest BCUT2D eigenvalue weighted by molar-refractivity contribution is 7.89. The monoisotopic (exact) mass is 384 g/mol. The number of fused-ring (bicyclic) bond motifs is 1. The summed E-state index contributed by atoms with van der Waals surface area (Å²) in [4.78, 5) is 4.66. The van der Waals surface area contributed by atoms with Crippen molar-refractivity contribution in [1.29, 1.82) is 0 Å². The highest BCUT2D eigenvalue weighted by Gasteiger charge is 2.54. The lowest BCUT2D eigenvalue weighted by Crippen LogP contribution is -2.56. The SMILES string of the molecule is CCC(NS(=O)(=O)c1cccc2cccnc12)C12CC3CC(CC(C3)C1)C2. The summed E-state index contributed by atoms with van der Waals surface area (Å²) < 4.78 is 29.9. The van der Waals surface area contributed by atoms with Crippen LogP contribution in [0.15, 0.2) is 41.4 Å². The first kappa shape index (κ1) is 17.6. The molecule has 1 N–H and O–H groups in total. The highest BCUT2D eigenvalue weighted by atomic mass is 32.2. The van der Waals surface area contributed by atoms with E-state index in [0.717, 1.165) is 29.6 Å². The summed E-state index contributed by atoms with van der Waals surface area (Å²) >= 11 is 0. The largest absolute Gasteiger partial charge is 0.255 e. The molecular weight excluding hydrogens is 356 g/mol. The molecule has 2 aromatic rings. The molecule has 1 aromatic carbocycles. The molecule has 4 fully saturated rings. The highest BCUT2D eigenvalue weighted by Crippen LogP contribution is 2.61. The Balaban J connectivity index is 1.49. The van der Waals surface area contributed by atoms with Gasteiger partial charge in [-0.15, -0.1) is 0 Å². The molecule has 5 heteroatoms. The molecule has 4 nitrogen and oxygen atoms in total. The van der Waals surface area contributed by atoms with E-state index in [4.69, 9.17) is 0 Å². The number of benzene rings is 1. The minimum Gasteiger partial charge on any atom is -0.255 e. The van der Waals surface area contributed by atoms with Crippen LogP contribution in [0.25, 0.3) is 10.9 Å². The van der Waals surface area contributed by atoms with Crippen molar-refractivity contribution >= 4 is 20.9 Å². The maximum atomic E-state index is 13.4. The Kier molecular flexibility index (Phi) is 4.10. The Bertz CT molecular complexity index is 929. The molecule has 4 aliphatic carbocycles. The fourth-order valence-corrected chi connectivity index (χ4v) is 8.39. The number of nitrogens with one attached hydrogen (secondary N) is 1. The first-order valence-corrected chi connectivity index (χ1v) is 11.8. The molecule has 0 amide bonds. The van der Waals surface area contributed by atoms with E-state index in [9.17, 15) is 8.42 Å². The maximum Gasteiger partial charge on any atom is 0.243 e. The van der Waals surface area contributed by atoms with Crippen molar-refractivity contribution in [3.8, 4) is 0 Å². The first-order valence-electron chi connectivity index (χ1n) is 10.4. The van der Waals surface area contributed by atoms with E-state index in [1.54, 1.807) is 12.3 Å². The molecule has 1 unspecified atom stereocenters. The van der Waals surface area contributed by atoms with E-state index in [2.05, 4.69) is 16.6 Å². The maximum absolute atomic E-state index is 13.4. The molecule has 1 atom stereocenters. The molecule has 144 valence electrons. The molecule has 4 saturated carbocycles. The number of hydrogen-bond donors (Lipinski definition) is 1. The van der Waals surface area contributed by atoms with Crippen LogP contribution < -0.4 is 4.72 Å². The van der Waals surface area contributed by atoms with Gasteiger partial charge < -0.3 is 0 Å². The van der Waals surface area contributed by atoms with E-state index in [1.165, 1.54) is 38.5 Å². The Morgan fingerprint density at radius 2 is 1.70 bits per heavy atom. The minimum absolute atomic E-state index is 0.0230. The molecule has 0 aliphatic heterocycles. The van der Waals surface area contributed by atoms with E-state index in [1.807, 2.05) is 24.3 Å². The van der Waals surface area contributed by atoms with Crippen LogP contribution >= 0.6 is 0 Å². The summed E-state index contributed by atoms with van der Waals surface area (Å²) in [6.07, 6.45) is 10.2. The van der Waals surface area contributed by atoms with Gasteiger partial charge in [0.15, 0.2) is 0 Å². The van der Waals surface area contributed by atoms with E-state index in [0.29, 0.717) is 10.4 Å². The molecule has 0 saturated heterocycles. The van der Waals surface area contributed by atoms with Gasteiger partial charge in [-0.1, -0.05) is 25.1 Å². The van der Waals surface area contributed by atoms with Crippen LogP contribution in [0, 0.1) is 23.2 Å². The van der Waals surface area contributed by atoms with E-state index in [-0.39, 0.29) is 11.5 Å². The van der Waals surface area contributed by atoms with Gasteiger partial charge in [0.05, 0.1) is 5.52 Å². The number of rotatable bonds is 5. The van der Waals surface area contributed by atoms with Crippen LogP contribution in [0.3, 0.4) is 0 Å². The third-order valence-electron chi connectivity index (χ3n) is 7.42. The number of nitrogens with zero attached hydrogens (tertiary/aromatic N) is 1. The summed E-state index contributed by atoms with van der Waals surface area (Å²) in [5, 5.41) is 0.864. The third-order valence-corrected chi connectivity index (χ3v) is 8.92. The summed E-state index contributed by atoms with van der Waals surface area (Å²) in [5.41, 5.74) is 0.724. The molecular formula is C22H28N2O2S. The quantitative estimate of drug-likeness (QED) is 0.825. The second-order valence-electron chi connectivity index (χ2n) is 9.19. The second kappa shape index (κ2) is 6.28. The molecule has 4 bridgehead atoms. The number of hydrogen-bond acceptors (Lipinski definition) is 3. The van der Waals surface area contributed by atoms with Crippen molar-refractivity contribution in [1.82, 2.24) is 9.71 Å². The minimum atomic E-state index is -3.60. The van der Waals surface area contributed by atoms with Crippen LogP contribution in [0.2, 0.25) is 0 Å². The van der Waals surface area contributed by atoms with Crippen molar-refractivity contribution < 1.29 is 8.42 Å². The van der Waals surface area contributed by atoms with E-state index >= 15 is 0 Å². The van der Waals surface area contributed by atoms with Gasteiger partial charge in [-0.05, 0) is 80.2 Å². The summed E-state index contributed by atoms with van der Waals surface area (Å²) in [5.74, 6) is 2.44. The van der Waals surface area contributed by atoms with Gasteiger partial charge in [0.1, 0.15) is 4.90 Å². The van der Waals surface area contributed by atoms with Crippen molar-refractivity contribution in [2.24, 2.45) is 23.2 Å². The van der Waals surface area contributed by atoms with Gasteiger partial charge >= 0.3 is 0 Å². The van der Waals surface area contributed by atoms with E-state index < -0.39 is 10.0 Å². The first-order chi connectivity index (χ1) is 13.0. The summed E-state index contributed by atoms with van der Waals surface area (Å²) in [7, 11) is -3.60. The van der Waals surface area contributed by atoms with Gasteiger partial charge in [-0.3, -0.25) is 4.98 Å². The average molecular weight is 385 g/mol. The predicted octanol–water partition coefficient (Wildman–Crippen LogP) is 4.51. The topological polar surface area (TPSA) is 59.1 Å². The van der Waals surface area contributed by atoms with Crippen LogP contribution in [-0.2, 0) is 10.0 Å². The molecule has 27 heavy (non-hydrogen) atoms. The lowest BCUT2D eigenvalue weighted by molar-refractivity contribution is -0.0704. The van der Waals surface area contributed by atoms with Crippen LogP contribution in [0.4, 0.5) is 0 Å². The molecule has 0 spiro atoms. The van der Waals surface area contributed by atoms with Crippen LogP contribution in [0.5, 0.6) is 0 Å².